The fourth-order valence-corrected chi connectivity index (χ4v) is 4.74. The zero-order chi connectivity index (χ0) is 22.0. The third kappa shape index (κ3) is 4.30. The molecular weight excluding hydrogens is 398 g/mol. The number of fused-ring (bicyclic) bond motifs is 1. The molecule has 166 valence electrons. The number of rotatable bonds is 5. The SMILES string of the molecule is COc1ccc(-c2ccc(=O)n(CC(=O)N3CC[C@@]4(O)CCCC[C@@H]4C3)n2)cc1OC. The molecule has 1 aromatic heterocycles. The van der Waals surface area contributed by atoms with Crippen LogP contribution >= 0.6 is 0 Å². The lowest BCUT2D eigenvalue weighted by Gasteiger charge is -2.47. The van der Waals surface area contributed by atoms with Gasteiger partial charge >= 0.3 is 0 Å². The van der Waals surface area contributed by atoms with E-state index in [1.165, 1.54) is 10.7 Å². The Morgan fingerprint density at radius 1 is 1.16 bits per heavy atom. The van der Waals surface area contributed by atoms with Crippen molar-refractivity contribution in [1.82, 2.24) is 14.7 Å². The molecule has 1 aromatic carbocycles. The number of carbonyl (C=O) groups is 1. The van der Waals surface area contributed by atoms with Gasteiger partial charge in [0, 0.05) is 30.6 Å². The van der Waals surface area contributed by atoms with Gasteiger partial charge in [0.2, 0.25) is 5.91 Å². The van der Waals surface area contributed by atoms with Gasteiger partial charge in [-0.25, -0.2) is 4.68 Å². The average Bonchev–Trinajstić information content (AvgIpc) is 2.79. The molecule has 0 unspecified atom stereocenters. The number of nitrogens with zero attached hydrogens (tertiary/aromatic N) is 3. The van der Waals surface area contributed by atoms with Crippen LogP contribution in [0.15, 0.2) is 35.1 Å². The number of amides is 1. The Labute approximate surface area is 181 Å². The summed E-state index contributed by atoms with van der Waals surface area (Å²) in [6.07, 6.45) is 4.48. The van der Waals surface area contributed by atoms with Crippen molar-refractivity contribution >= 4 is 5.91 Å². The quantitative estimate of drug-likeness (QED) is 0.785. The summed E-state index contributed by atoms with van der Waals surface area (Å²) in [5.41, 5.74) is 0.346. The fourth-order valence-electron chi connectivity index (χ4n) is 4.74. The molecule has 1 saturated heterocycles. The molecule has 0 spiro atoms. The first-order chi connectivity index (χ1) is 14.9. The van der Waals surface area contributed by atoms with Gasteiger partial charge in [0.1, 0.15) is 6.54 Å². The van der Waals surface area contributed by atoms with E-state index >= 15 is 0 Å². The van der Waals surface area contributed by atoms with Crippen molar-refractivity contribution in [2.24, 2.45) is 5.92 Å². The zero-order valence-electron chi connectivity index (χ0n) is 18.0. The predicted molar refractivity (Wildman–Crippen MR) is 115 cm³/mol. The molecule has 1 amide bonds. The van der Waals surface area contributed by atoms with Crippen LogP contribution in [-0.2, 0) is 11.3 Å². The van der Waals surface area contributed by atoms with Gasteiger partial charge in [-0.2, -0.15) is 5.10 Å². The van der Waals surface area contributed by atoms with Gasteiger partial charge in [-0.05, 0) is 43.5 Å². The summed E-state index contributed by atoms with van der Waals surface area (Å²) in [5.74, 6) is 1.12. The number of ether oxygens (including phenoxy) is 2. The van der Waals surface area contributed by atoms with Crippen LogP contribution in [0.4, 0.5) is 0 Å². The minimum atomic E-state index is -0.641. The van der Waals surface area contributed by atoms with Crippen molar-refractivity contribution in [3.05, 3.63) is 40.7 Å². The topological polar surface area (TPSA) is 93.9 Å². The Kier molecular flexibility index (Phi) is 6.00. The van der Waals surface area contributed by atoms with E-state index < -0.39 is 5.60 Å². The number of likely N-dealkylation sites (tertiary alicyclic amines) is 1. The van der Waals surface area contributed by atoms with Crippen LogP contribution in [0.3, 0.4) is 0 Å². The summed E-state index contributed by atoms with van der Waals surface area (Å²) in [6.45, 7) is 0.931. The summed E-state index contributed by atoms with van der Waals surface area (Å²) in [5, 5.41) is 15.3. The predicted octanol–water partition coefficient (Wildman–Crippen LogP) is 2.08. The maximum absolute atomic E-state index is 12.9. The van der Waals surface area contributed by atoms with Gasteiger partial charge in [-0.1, -0.05) is 12.8 Å². The van der Waals surface area contributed by atoms with Crippen LogP contribution in [0.5, 0.6) is 11.5 Å². The maximum atomic E-state index is 12.9. The van der Waals surface area contributed by atoms with E-state index in [-0.39, 0.29) is 23.9 Å². The van der Waals surface area contributed by atoms with Gasteiger partial charge in [0.05, 0.1) is 25.5 Å². The van der Waals surface area contributed by atoms with Gasteiger partial charge < -0.3 is 19.5 Å². The number of aromatic nitrogens is 2. The first-order valence-corrected chi connectivity index (χ1v) is 10.7. The summed E-state index contributed by atoms with van der Waals surface area (Å²) >= 11 is 0. The normalized spacial score (nSPS) is 23.2. The molecule has 2 aliphatic rings. The number of aliphatic hydroxyl groups is 1. The van der Waals surface area contributed by atoms with Gasteiger partial charge in [-0.15, -0.1) is 0 Å². The highest BCUT2D eigenvalue weighted by atomic mass is 16.5. The highest BCUT2D eigenvalue weighted by Gasteiger charge is 2.43. The number of carbonyl (C=O) groups excluding carboxylic acids is 1. The van der Waals surface area contributed by atoms with Crippen LogP contribution < -0.4 is 15.0 Å². The second-order valence-electron chi connectivity index (χ2n) is 8.42. The van der Waals surface area contributed by atoms with Crippen molar-refractivity contribution < 1.29 is 19.4 Å². The van der Waals surface area contributed by atoms with Crippen molar-refractivity contribution in [3.63, 3.8) is 0 Å². The van der Waals surface area contributed by atoms with Crippen molar-refractivity contribution in [2.75, 3.05) is 27.3 Å². The molecule has 4 rings (SSSR count). The second-order valence-corrected chi connectivity index (χ2v) is 8.42. The summed E-state index contributed by atoms with van der Waals surface area (Å²) in [7, 11) is 3.12. The van der Waals surface area contributed by atoms with Crippen LogP contribution in [-0.4, -0.2) is 58.6 Å². The molecule has 2 heterocycles. The van der Waals surface area contributed by atoms with E-state index in [1.54, 1.807) is 37.3 Å². The number of methoxy groups -OCH3 is 2. The van der Waals surface area contributed by atoms with E-state index in [0.717, 1.165) is 31.2 Å². The monoisotopic (exact) mass is 427 g/mol. The van der Waals surface area contributed by atoms with E-state index in [9.17, 15) is 14.7 Å². The number of benzene rings is 1. The Balaban J connectivity index is 1.52. The minimum Gasteiger partial charge on any atom is -0.493 e. The van der Waals surface area contributed by atoms with Gasteiger partial charge in [0.25, 0.3) is 5.56 Å². The highest BCUT2D eigenvalue weighted by Crippen LogP contribution is 2.39. The highest BCUT2D eigenvalue weighted by molar-refractivity contribution is 5.76. The molecule has 8 nitrogen and oxygen atoms in total. The van der Waals surface area contributed by atoms with Crippen LogP contribution in [0.1, 0.15) is 32.1 Å². The molecule has 2 aromatic rings. The maximum Gasteiger partial charge on any atom is 0.267 e. The molecule has 2 atom stereocenters. The van der Waals surface area contributed by atoms with E-state index in [2.05, 4.69) is 5.10 Å². The number of piperidine rings is 1. The minimum absolute atomic E-state index is 0.113. The van der Waals surface area contributed by atoms with Crippen LogP contribution in [0, 0.1) is 5.92 Å². The Bertz CT molecular complexity index is 1020. The summed E-state index contributed by atoms with van der Waals surface area (Å²) < 4.78 is 11.8. The Morgan fingerprint density at radius 3 is 2.74 bits per heavy atom. The summed E-state index contributed by atoms with van der Waals surface area (Å²) in [4.78, 5) is 27.1. The molecule has 1 N–H and O–H groups in total. The third-order valence-electron chi connectivity index (χ3n) is 6.61. The molecule has 1 aliphatic carbocycles. The van der Waals surface area contributed by atoms with Crippen LogP contribution in [0.2, 0.25) is 0 Å². The van der Waals surface area contributed by atoms with E-state index in [4.69, 9.17) is 9.47 Å². The first kappa shape index (κ1) is 21.4. The standard InChI is InChI=1S/C23H29N3O5/c1-30-19-8-6-16(13-20(19)31-2)18-7-9-21(27)26(24-18)15-22(28)25-12-11-23(29)10-4-3-5-17(23)14-25/h6-9,13,17,29H,3-5,10-12,14-15H2,1-2H3/t17-,23+/m1/s1. The lowest BCUT2D eigenvalue weighted by Crippen LogP contribution is -2.55. The molecule has 0 radical (unpaired) electrons. The zero-order valence-corrected chi connectivity index (χ0v) is 18.0. The first-order valence-electron chi connectivity index (χ1n) is 10.7. The fraction of sp³-hybridized carbons (Fsp3) is 0.522. The van der Waals surface area contributed by atoms with Crippen LogP contribution in [0.25, 0.3) is 11.3 Å². The molecular formula is C23H29N3O5. The Hall–Kier alpha value is -2.87. The Morgan fingerprint density at radius 2 is 1.97 bits per heavy atom. The largest absolute Gasteiger partial charge is 0.493 e. The molecule has 8 heteroatoms. The smallest absolute Gasteiger partial charge is 0.267 e. The number of hydrogen-bond donors (Lipinski definition) is 1. The summed E-state index contributed by atoms with van der Waals surface area (Å²) in [6, 6.07) is 8.44. The lowest BCUT2D eigenvalue weighted by molar-refractivity contribution is -0.144. The van der Waals surface area contributed by atoms with E-state index in [0.29, 0.717) is 36.7 Å². The van der Waals surface area contributed by atoms with Crippen molar-refractivity contribution in [3.8, 4) is 22.8 Å². The van der Waals surface area contributed by atoms with Crippen molar-refractivity contribution in [2.45, 2.75) is 44.2 Å². The average molecular weight is 428 g/mol. The molecule has 0 bridgehead atoms. The third-order valence-corrected chi connectivity index (χ3v) is 6.61. The molecule has 1 aliphatic heterocycles. The number of hydrogen-bond acceptors (Lipinski definition) is 6. The van der Waals surface area contributed by atoms with Crippen molar-refractivity contribution in [1.29, 1.82) is 0 Å². The molecule has 31 heavy (non-hydrogen) atoms. The van der Waals surface area contributed by atoms with E-state index in [1.807, 2.05) is 6.07 Å². The van der Waals surface area contributed by atoms with Gasteiger partial charge in [-0.3, -0.25) is 9.59 Å². The second kappa shape index (κ2) is 8.70. The molecule has 1 saturated carbocycles. The van der Waals surface area contributed by atoms with Gasteiger partial charge in [0.15, 0.2) is 11.5 Å². The molecule has 2 fully saturated rings. The lowest BCUT2D eigenvalue weighted by atomic mass is 9.71.